The van der Waals surface area contributed by atoms with E-state index in [-0.39, 0.29) is 35.1 Å². The number of carbonyl (C=O) groups excluding carboxylic acids is 2. The lowest BCUT2D eigenvalue weighted by atomic mass is 10.2. The number of carbonyl (C=O) groups is 2. The molecule has 1 heterocycles. The van der Waals surface area contributed by atoms with E-state index in [9.17, 15) is 18.0 Å². The van der Waals surface area contributed by atoms with Gasteiger partial charge in [-0.3, -0.25) is 9.59 Å². The van der Waals surface area contributed by atoms with Crippen LogP contribution in [0.3, 0.4) is 0 Å². The van der Waals surface area contributed by atoms with Crippen molar-refractivity contribution < 1.29 is 22.7 Å². The lowest BCUT2D eigenvalue weighted by molar-refractivity contribution is -0.142. The predicted molar refractivity (Wildman–Crippen MR) is 96.2 cm³/mol. The second-order valence-corrected chi connectivity index (χ2v) is 8.71. The van der Waals surface area contributed by atoms with Crippen molar-refractivity contribution in [1.82, 2.24) is 14.5 Å². The third kappa shape index (κ3) is 4.80. The van der Waals surface area contributed by atoms with Gasteiger partial charge < -0.3 is 15.0 Å². The van der Waals surface area contributed by atoms with Crippen LogP contribution < -0.4 is 5.32 Å². The molecule has 1 saturated heterocycles. The number of amides is 2. The van der Waals surface area contributed by atoms with Gasteiger partial charge in [0.2, 0.25) is 15.9 Å². The lowest BCUT2D eigenvalue weighted by Crippen LogP contribution is -2.51. The average molecular weight is 383 g/mol. The van der Waals surface area contributed by atoms with E-state index in [1.165, 1.54) is 38.4 Å². The lowest BCUT2D eigenvalue weighted by Gasteiger charge is -2.35. The number of nitrogens with one attached hydrogen (secondary N) is 1. The SMILES string of the molecule is CC1CN(C(=O)CNC(=O)c2cccc(S(=O)(=O)N(C)C)c2)CC(C)O1. The number of sulfonamides is 1. The maximum Gasteiger partial charge on any atom is 0.251 e. The summed E-state index contributed by atoms with van der Waals surface area (Å²) in [4.78, 5) is 26.3. The molecule has 8 nitrogen and oxygen atoms in total. The van der Waals surface area contributed by atoms with Crippen LogP contribution in [0.25, 0.3) is 0 Å². The van der Waals surface area contributed by atoms with Gasteiger partial charge >= 0.3 is 0 Å². The highest BCUT2D eigenvalue weighted by molar-refractivity contribution is 7.89. The molecule has 1 fully saturated rings. The summed E-state index contributed by atoms with van der Waals surface area (Å²) in [7, 11) is -0.786. The van der Waals surface area contributed by atoms with Crippen LogP contribution in [0.1, 0.15) is 24.2 Å². The van der Waals surface area contributed by atoms with Gasteiger partial charge in [0.1, 0.15) is 0 Å². The van der Waals surface area contributed by atoms with Gasteiger partial charge in [0.05, 0.1) is 23.6 Å². The maximum absolute atomic E-state index is 12.3. The van der Waals surface area contributed by atoms with Crippen molar-refractivity contribution in [2.75, 3.05) is 33.7 Å². The van der Waals surface area contributed by atoms with Gasteiger partial charge in [-0.1, -0.05) is 6.07 Å². The molecule has 26 heavy (non-hydrogen) atoms. The van der Waals surface area contributed by atoms with Crippen molar-refractivity contribution in [3.63, 3.8) is 0 Å². The van der Waals surface area contributed by atoms with Gasteiger partial charge in [-0.25, -0.2) is 12.7 Å². The zero-order valence-electron chi connectivity index (χ0n) is 15.4. The summed E-state index contributed by atoms with van der Waals surface area (Å²) < 4.78 is 31.0. The highest BCUT2D eigenvalue weighted by Crippen LogP contribution is 2.15. The number of benzene rings is 1. The monoisotopic (exact) mass is 383 g/mol. The minimum atomic E-state index is -3.63. The van der Waals surface area contributed by atoms with Gasteiger partial charge in [-0.15, -0.1) is 0 Å². The smallest absolute Gasteiger partial charge is 0.251 e. The van der Waals surface area contributed by atoms with Crippen molar-refractivity contribution in [2.45, 2.75) is 31.0 Å². The van der Waals surface area contributed by atoms with Crippen molar-refractivity contribution in [1.29, 1.82) is 0 Å². The van der Waals surface area contributed by atoms with Gasteiger partial charge in [0.25, 0.3) is 5.91 Å². The van der Waals surface area contributed by atoms with E-state index in [0.717, 1.165) is 4.31 Å². The van der Waals surface area contributed by atoms with Gasteiger partial charge in [0, 0.05) is 32.7 Å². The number of rotatable bonds is 5. The Labute approximate surface area is 154 Å². The molecule has 2 rings (SSSR count). The number of nitrogens with zero attached hydrogens (tertiary/aromatic N) is 2. The summed E-state index contributed by atoms with van der Waals surface area (Å²) in [5, 5.41) is 2.55. The number of ether oxygens (including phenoxy) is 1. The Morgan fingerprint density at radius 3 is 2.42 bits per heavy atom. The summed E-state index contributed by atoms with van der Waals surface area (Å²) in [5.41, 5.74) is 0.185. The molecule has 1 aromatic carbocycles. The highest BCUT2D eigenvalue weighted by atomic mass is 32.2. The largest absolute Gasteiger partial charge is 0.372 e. The first kappa shape index (κ1) is 20.3. The summed E-state index contributed by atoms with van der Waals surface area (Å²) in [6.45, 7) is 4.60. The zero-order valence-corrected chi connectivity index (χ0v) is 16.2. The molecule has 2 atom stereocenters. The molecular formula is C17H25N3O5S. The molecule has 0 aliphatic carbocycles. The molecule has 1 aliphatic rings. The maximum atomic E-state index is 12.3. The van der Waals surface area contributed by atoms with Crippen molar-refractivity contribution in [3.05, 3.63) is 29.8 Å². The molecular weight excluding hydrogens is 358 g/mol. The van der Waals surface area contributed by atoms with Crippen LogP contribution in [0, 0.1) is 0 Å². The molecule has 0 bridgehead atoms. The Bertz CT molecular complexity index is 768. The third-order valence-corrected chi connectivity index (χ3v) is 5.86. The van der Waals surface area contributed by atoms with E-state index in [1.54, 1.807) is 4.90 Å². The summed E-state index contributed by atoms with van der Waals surface area (Å²) in [6.07, 6.45) is -0.0994. The number of hydrogen-bond acceptors (Lipinski definition) is 5. The fourth-order valence-electron chi connectivity index (χ4n) is 2.76. The van der Waals surface area contributed by atoms with Crippen LogP contribution in [0.4, 0.5) is 0 Å². The van der Waals surface area contributed by atoms with Crippen LogP contribution in [0.2, 0.25) is 0 Å². The van der Waals surface area contributed by atoms with E-state index in [0.29, 0.717) is 13.1 Å². The highest BCUT2D eigenvalue weighted by Gasteiger charge is 2.26. The van der Waals surface area contributed by atoms with Crippen molar-refractivity contribution >= 4 is 21.8 Å². The molecule has 2 amide bonds. The minimum Gasteiger partial charge on any atom is -0.372 e. The van der Waals surface area contributed by atoms with Crippen LogP contribution in [0.15, 0.2) is 29.2 Å². The number of morpholine rings is 1. The molecule has 0 saturated carbocycles. The van der Waals surface area contributed by atoms with E-state index < -0.39 is 15.9 Å². The molecule has 9 heteroatoms. The minimum absolute atomic E-state index is 0.0253. The normalized spacial score (nSPS) is 20.9. The van der Waals surface area contributed by atoms with Crippen molar-refractivity contribution in [3.8, 4) is 0 Å². The second-order valence-electron chi connectivity index (χ2n) is 6.55. The number of hydrogen-bond donors (Lipinski definition) is 1. The molecule has 1 N–H and O–H groups in total. The van der Waals surface area contributed by atoms with Crippen LogP contribution in [-0.4, -0.2) is 75.4 Å². The Kier molecular flexibility index (Phi) is 6.38. The molecule has 2 unspecified atom stereocenters. The van der Waals surface area contributed by atoms with Crippen LogP contribution >= 0.6 is 0 Å². The average Bonchev–Trinajstić information content (AvgIpc) is 2.58. The first-order valence-corrected chi connectivity index (χ1v) is 9.79. The topological polar surface area (TPSA) is 96.0 Å². The Hall–Kier alpha value is -1.97. The Morgan fingerprint density at radius 2 is 1.85 bits per heavy atom. The molecule has 0 aromatic heterocycles. The summed E-state index contributed by atoms with van der Waals surface area (Å²) in [5.74, 6) is -0.694. The standard InChI is InChI=1S/C17H25N3O5S/c1-12-10-20(11-13(2)25-12)16(21)9-18-17(22)14-6-5-7-15(8-14)26(23,24)19(3)4/h5-8,12-13H,9-11H2,1-4H3,(H,18,22). The first-order chi connectivity index (χ1) is 12.1. The van der Waals surface area contributed by atoms with Gasteiger partial charge in [0.15, 0.2) is 0 Å². The van der Waals surface area contributed by atoms with E-state index >= 15 is 0 Å². The van der Waals surface area contributed by atoms with Crippen molar-refractivity contribution in [2.24, 2.45) is 0 Å². The molecule has 144 valence electrons. The van der Waals surface area contributed by atoms with Gasteiger partial charge in [-0.05, 0) is 32.0 Å². The Balaban J connectivity index is 2.01. The van der Waals surface area contributed by atoms with E-state index in [2.05, 4.69) is 5.32 Å². The van der Waals surface area contributed by atoms with Crippen LogP contribution in [0.5, 0.6) is 0 Å². The Morgan fingerprint density at radius 1 is 1.23 bits per heavy atom. The van der Waals surface area contributed by atoms with E-state index in [1.807, 2.05) is 13.8 Å². The molecule has 1 aromatic rings. The summed E-state index contributed by atoms with van der Waals surface area (Å²) in [6, 6.07) is 5.73. The fraction of sp³-hybridized carbons (Fsp3) is 0.529. The zero-order chi connectivity index (χ0) is 19.5. The quantitative estimate of drug-likeness (QED) is 0.789. The molecule has 1 aliphatic heterocycles. The first-order valence-electron chi connectivity index (χ1n) is 8.35. The predicted octanol–water partition coefficient (Wildman–Crippen LogP) is 0.303. The van der Waals surface area contributed by atoms with Gasteiger partial charge in [-0.2, -0.15) is 0 Å². The molecule has 0 spiro atoms. The summed E-state index contributed by atoms with van der Waals surface area (Å²) >= 11 is 0. The second kappa shape index (κ2) is 8.15. The van der Waals surface area contributed by atoms with E-state index in [4.69, 9.17) is 4.74 Å². The fourth-order valence-corrected chi connectivity index (χ4v) is 3.71. The third-order valence-electron chi connectivity index (χ3n) is 4.05. The molecule has 0 radical (unpaired) electrons. The van der Waals surface area contributed by atoms with Crippen LogP contribution in [-0.2, 0) is 19.6 Å².